The second-order valence-corrected chi connectivity index (χ2v) is 4.43. The Balaban J connectivity index is 0.000000980. The Bertz CT molecular complexity index is 138. The van der Waals surface area contributed by atoms with Crippen molar-refractivity contribution in [2.45, 2.75) is 44.6 Å². The van der Waals surface area contributed by atoms with Gasteiger partial charge in [0, 0.05) is 6.04 Å². The van der Waals surface area contributed by atoms with Gasteiger partial charge in [-0.25, -0.2) is 0 Å². The molecule has 0 spiro atoms. The van der Waals surface area contributed by atoms with Crippen molar-refractivity contribution in [3.05, 3.63) is 0 Å². The van der Waals surface area contributed by atoms with Crippen LogP contribution in [0.2, 0.25) is 0 Å². The zero-order valence-electron chi connectivity index (χ0n) is 8.97. The minimum atomic E-state index is 0. The summed E-state index contributed by atoms with van der Waals surface area (Å²) >= 11 is 0. The average Bonchev–Trinajstić information content (AvgIpc) is 2.47. The number of nitrogens with one attached hydrogen (secondary N) is 1. The van der Waals surface area contributed by atoms with Crippen LogP contribution in [0.15, 0.2) is 0 Å². The van der Waals surface area contributed by atoms with Gasteiger partial charge in [0.15, 0.2) is 0 Å². The summed E-state index contributed by atoms with van der Waals surface area (Å²) in [5.74, 6) is 0. The standard InChI is InChI=1S/C11H22N2.ClH/c1-2-4-10-13(9-3-1)11-5-7-12-8-6-11;/h11-12H,1-10H2;1H/p-1. The van der Waals surface area contributed by atoms with Crippen molar-refractivity contribution in [3.63, 3.8) is 0 Å². The minimum Gasteiger partial charge on any atom is -1.00 e. The third-order valence-corrected chi connectivity index (χ3v) is 3.47. The van der Waals surface area contributed by atoms with Crippen molar-refractivity contribution >= 4 is 0 Å². The first-order valence-corrected chi connectivity index (χ1v) is 5.91. The molecule has 2 aliphatic rings. The molecule has 2 fully saturated rings. The third kappa shape index (κ3) is 3.41. The van der Waals surface area contributed by atoms with Crippen LogP contribution >= 0.6 is 0 Å². The predicted molar refractivity (Wildman–Crippen MR) is 55.9 cm³/mol. The first-order valence-electron chi connectivity index (χ1n) is 5.91. The smallest absolute Gasteiger partial charge is 0.0119 e. The van der Waals surface area contributed by atoms with Crippen LogP contribution in [0.4, 0.5) is 0 Å². The lowest BCUT2D eigenvalue weighted by molar-refractivity contribution is -0.00000291. The van der Waals surface area contributed by atoms with Crippen LogP contribution < -0.4 is 17.7 Å². The maximum absolute atomic E-state index is 3.44. The monoisotopic (exact) mass is 217 g/mol. The molecule has 2 nitrogen and oxygen atoms in total. The van der Waals surface area contributed by atoms with Crippen molar-refractivity contribution in [1.82, 2.24) is 10.2 Å². The molecule has 0 atom stereocenters. The lowest BCUT2D eigenvalue weighted by atomic mass is 10.0. The number of halogens is 1. The number of nitrogens with zero attached hydrogens (tertiary/aromatic N) is 1. The Morgan fingerprint density at radius 2 is 1.43 bits per heavy atom. The normalized spacial score (nSPS) is 26.6. The van der Waals surface area contributed by atoms with Gasteiger partial charge < -0.3 is 22.6 Å². The van der Waals surface area contributed by atoms with Crippen molar-refractivity contribution in [2.24, 2.45) is 0 Å². The fourth-order valence-corrected chi connectivity index (χ4v) is 2.63. The first kappa shape index (κ1) is 12.3. The van der Waals surface area contributed by atoms with E-state index in [9.17, 15) is 0 Å². The number of hydrogen-bond donors (Lipinski definition) is 1. The molecular weight excluding hydrogens is 196 g/mol. The lowest BCUT2D eigenvalue weighted by Crippen LogP contribution is -3.00. The molecule has 0 amide bonds. The van der Waals surface area contributed by atoms with Gasteiger partial charge in [-0.05, 0) is 51.9 Å². The van der Waals surface area contributed by atoms with Crippen LogP contribution in [-0.4, -0.2) is 37.1 Å². The van der Waals surface area contributed by atoms with Crippen molar-refractivity contribution < 1.29 is 12.4 Å². The molecule has 3 heteroatoms. The van der Waals surface area contributed by atoms with Crippen LogP contribution in [0.1, 0.15) is 38.5 Å². The summed E-state index contributed by atoms with van der Waals surface area (Å²) < 4.78 is 0. The van der Waals surface area contributed by atoms with E-state index in [1.165, 1.54) is 64.7 Å². The molecule has 0 aromatic carbocycles. The number of hydrogen-bond acceptors (Lipinski definition) is 2. The summed E-state index contributed by atoms with van der Waals surface area (Å²) in [5, 5.41) is 3.44. The molecular formula is C11H22ClN2-. The molecule has 0 radical (unpaired) electrons. The van der Waals surface area contributed by atoms with E-state index in [-0.39, 0.29) is 12.4 Å². The summed E-state index contributed by atoms with van der Waals surface area (Å²) in [4.78, 5) is 2.74. The van der Waals surface area contributed by atoms with E-state index in [1.54, 1.807) is 0 Å². The SMILES string of the molecule is C1CCCN(C2CCNCC2)CC1.[Cl-]. The molecule has 1 N–H and O–H groups in total. The van der Waals surface area contributed by atoms with E-state index in [0.717, 1.165) is 6.04 Å². The Morgan fingerprint density at radius 1 is 0.857 bits per heavy atom. The molecule has 2 rings (SSSR count). The fourth-order valence-electron chi connectivity index (χ4n) is 2.63. The Hall–Kier alpha value is 0.210. The molecule has 84 valence electrons. The molecule has 0 aromatic rings. The molecule has 0 aliphatic carbocycles. The van der Waals surface area contributed by atoms with E-state index in [2.05, 4.69) is 10.2 Å². The summed E-state index contributed by atoms with van der Waals surface area (Å²) in [6.07, 6.45) is 8.54. The number of piperidine rings is 1. The van der Waals surface area contributed by atoms with Gasteiger partial charge in [-0.2, -0.15) is 0 Å². The van der Waals surface area contributed by atoms with E-state index in [1.807, 2.05) is 0 Å². The highest BCUT2D eigenvalue weighted by Gasteiger charge is 2.20. The molecule has 0 unspecified atom stereocenters. The second kappa shape index (κ2) is 6.65. The van der Waals surface area contributed by atoms with Gasteiger partial charge in [0.1, 0.15) is 0 Å². The second-order valence-electron chi connectivity index (χ2n) is 4.43. The van der Waals surface area contributed by atoms with Gasteiger partial charge in [0.05, 0.1) is 0 Å². The van der Waals surface area contributed by atoms with E-state index >= 15 is 0 Å². The summed E-state index contributed by atoms with van der Waals surface area (Å²) in [6.45, 7) is 5.21. The van der Waals surface area contributed by atoms with Crippen LogP contribution in [0.3, 0.4) is 0 Å². The molecule has 0 saturated carbocycles. The quantitative estimate of drug-likeness (QED) is 0.583. The molecule has 2 heterocycles. The summed E-state index contributed by atoms with van der Waals surface area (Å²) in [6, 6.07) is 0.902. The number of likely N-dealkylation sites (tertiary alicyclic amines) is 1. The lowest BCUT2D eigenvalue weighted by Gasteiger charge is -2.33. The van der Waals surface area contributed by atoms with E-state index in [4.69, 9.17) is 0 Å². The van der Waals surface area contributed by atoms with Crippen LogP contribution in [0, 0.1) is 0 Å². The van der Waals surface area contributed by atoms with E-state index in [0.29, 0.717) is 0 Å². The largest absolute Gasteiger partial charge is 1.00 e. The van der Waals surface area contributed by atoms with Crippen LogP contribution in [0.25, 0.3) is 0 Å². The summed E-state index contributed by atoms with van der Waals surface area (Å²) in [5.41, 5.74) is 0. The van der Waals surface area contributed by atoms with Gasteiger partial charge in [-0.1, -0.05) is 12.8 Å². The maximum atomic E-state index is 3.44. The topological polar surface area (TPSA) is 15.3 Å². The number of rotatable bonds is 1. The van der Waals surface area contributed by atoms with Gasteiger partial charge in [-0.3, -0.25) is 0 Å². The average molecular weight is 218 g/mol. The molecule has 0 aromatic heterocycles. The van der Waals surface area contributed by atoms with Crippen LogP contribution in [0.5, 0.6) is 0 Å². The fraction of sp³-hybridized carbons (Fsp3) is 1.00. The highest BCUT2D eigenvalue weighted by molar-refractivity contribution is 4.78. The zero-order chi connectivity index (χ0) is 8.93. The highest BCUT2D eigenvalue weighted by atomic mass is 35.5. The third-order valence-electron chi connectivity index (χ3n) is 3.47. The maximum Gasteiger partial charge on any atom is 0.0119 e. The van der Waals surface area contributed by atoms with Crippen molar-refractivity contribution in [3.8, 4) is 0 Å². The van der Waals surface area contributed by atoms with Gasteiger partial charge in [0.2, 0.25) is 0 Å². The Labute approximate surface area is 93.8 Å². The molecule has 2 saturated heterocycles. The molecule has 14 heavy (non-hydrogen) atoms. The molecule has 0 bridgehead atoms. The van der Waals surface area contributed by atoms with Gasteiger partial charge in [0.25, 0.3) is 0 Å². The minimum absolute atomic E-state index is 0. The zero-order valence-corrected chi connectivity index (χ0v) is 9.73. The van der Waals surface area contributed by atoms with Gasteiger partial charge >= 0.3 is 0 Å². The van der Waals surface area contributed by atoms with Gasteiger partial charge in [-0.15, -0.1) is 0 Å². The highest BCUT2D eigenvalue weighted by Crippen LogP contribution is 2.17. The summed E-state index contributed by atoms with van der Waals surface area (Å²) in [7, 11) is 0. The molecule has 2 aliphatic heterocycles. The van der Waals surface area contributed by atoms with Crippen molar-refractivity contribution in [1.29, 1.82) is 0 Å². The predicted octanol–water partition coefficient (Wildman–Crippen LogP) is -1.38. The first-order chi connectivity index (χ1) is 6.47. The van der Waals surface area contributed by atoms with Crippen molar-refractivity contribution in [2.75, 3.05) is 26.2 Å². The van der Waals surface area contributed by atoms with E-state index < -0.39 is 0 Å². The Morgan fingerprint density at radius 3 is 2.00 bits per heavy atom. The van der Waals surface area contributed by atoms with Crippen LogP contribution in [-0.2, 0) is 0 Å². The Kier molecular flexibility index (Phi) is 5.83.